The highest BCUT2D eigenvalue weighted by molar-refractivity contribution is 7.15. The maximum absolute atomic E-state index is 10.8. The Hall–Kier alpha value is -1.10. The molecule has 0 aliphatic rings. The number of aryl methyl sites for hydroxylation is 1. The third-order valence-electron chi connectivity index (χ3n) is 2.54. The second kappa shape index (κ2) is 4.61. The number of carbonyl (C=O) groups is 1. The van der Waals surface area contributed by atoms with E-state index in [4.69, 9.17) is 5.11 Å². The summed E-state index contributed by atoms with van der Waals surface area (Å²) in [6, 6.07) is 0.372. The number of hydrogen-bond acceptors (Lipinski definition) is 4. The number of carboxylic acid groups (broad SMARTS) is 1. The SMILES string of the molecule is CCC(C)N(C)c1nc(C(=O)O)c(C)s1. The fraction of sp³-hybridized carbons (Fsp3) is 0.600. The van der Waals surface area contributed by atoms with Crippen LogP contribution in [0.15, 0.2) is 0 Å². The van der Waals surface area contributed by atoms with E-state index in [1.165, 1.54) is 11.3 Å². The highest BCUT2D eigenvalue weighted by Gasteiger charge is 2.18. The van der Waals surface area contributed by atoms with Crippen LogP contribution in [0.1, 0.15) is 35.6 Å². The van der Waals surface area contributed by atoms with Crippen molar-refractivity contribution in [2.75, 3.05) is 11.9 Å². The Labute approximate surface area is 93.6 Å². The molecule has 0 aromatic carbocycles. The molecule has 0 radical (unpaired) electrons. The normalized spacial score (nSPS) is 12.5. The van der Waals surface area contributed by atoms with Crippen LogP contribution in [0.25, 0.3) is 0 Å². The zero-order valence-electron chi connectivity index (χ0n) is 9.44. The molecule has 0 fully saturated rings. The number of hydrogen-bond donors (Lipinski definition) is 1. The molecule has 1 N–H and O–H groups in total. The summed E-state index contributed by atoms with van der Waals surface area (Å²) < 4.78 is 0. The fourth-order valence-corrected chi connectivity index (χ4v) is 2.16. The summed E-state index contributed by atoms with van der Waals surface area (Å²) in [5, 5.41) is 9.66. The molecule has 0 saturated heterocycles. The Morgan fingerprint density at radius 2 is 2.27 bits per heavy atom. The first-order valence-corrected chi connectivity index (χ1v) is 5.72. The van der Waals surface area contributed by atoms with Crippen molar-refractivity contribution in [1.29, 1.82) is 0 Å². The molecule has 1 unspecified atom stereocenters. The van der Waals surface area contributed by atoms with E-state index in [1.54, 1.807) is 6.92 Å². The number of rotatable bonds is 4. The van der Waals surface area contributed by atoms with Gasteiger partial charge in [-0.2, -0.15) is 0 Å². The second-order valence-corrected chi connectivity index (χ2v) is 4.76. The standard InChI is InChI=1S/C10H16N2O2S/c1-5-6(2)12(4)10-11-8(9(13)14)7(3)15-10/h6H,5H2,1-4H3,(H,13,14). The summed E-state index contributed by atoms with van der Waals surface area (Å²) in [7, 11) is 1.94. The van der Waals surface area contributed by atoms with Gasteiger partial charge in [0.25, 0.3) is 0 Å². The first-order chi connectivity index (χ1) is 6.97. The number of nitrogens with zero attached hydrogens (tertiary/aromatic N) is 2. The van der Waals surface area contributed by atoms with Gasteiger partial charge in [0.2, 0.25) is 0 Å². The Bertz CT molecular complexity index is 362. The lowest BCUT2D eigenvalue weighted by Gasteiger charge is -2.22. The molecule has 0 aliphatic heterocycles. The van der Waals surface area contributed by atoms with Crippen molar-refractivity contribution in [1.82, 2.24) is 4.98 Å². The lowest BCUT2D eigenvalue weighted by Crippen LogP contribution is -2.27. The van der Waals surface area contributed by atoms with Gasteiger partial charge < -0.3 is 10.0 Å². The maximum atomic E-state index is 10.8. The van der Waals surface area contributed by atoms with E-state index in [2.05, 4.69) is 18.8 Å². The predicted octanol–water partition coefficient (Wildman–Crippen LogP) is 2.38. The molecule has 1 heterocycles. The molecule has 15 heavy (non-hydrogen) atoms. The van der Waals surface area contributed by atoms with Crippen LogP contribution in [-0.2, 0) is 0 Å². The van der Waals surface area contributed by atoms with Crippen LogP contribution in [0.4, 0.5) is 5.13 Å². The Morgan fingerprint density at radius 3 is 2.67 bits per heavy atom. The van der Waals surface area contributed by atoms with Crippen molar-refractivity contribution >= 4 is 22.4 Å². The Morgan fingerprint density at radius 1 is 1.67 bits per heavy atom. The van der Waals surface area contributed by atoms with Gasteiger partial charge in [-0.3, -0.25) is 0 Å². The summed E-state index contributed by atoms with van der Waals surface area (Å²) in [6.07, 6.45) is 1.01. The Kier molecular flexibility index (Phi) is 3.68. The van der Waals surface area contributed by atoms with E-state index in [0.717, 1.165) is 16.4 Å². The van der Waals surface area contributed by atoms with E-state index in [-0.39, 0.29) is 5.69 Å². The molecule has 1 aromatic heterocycles. The molecule has 0 aliphatic carbocycles. The van der Waals surface area contributed by atoms with E-state index in [0.29, 0.717) is 6.04 Å². The summed E-state index contributed by atoms with van der Waals surface area (Å²) >= 11 is 1.43. The number of aromatic nitrogens is 1. The molecule has 0 saturated carbocycles. The monoisotopic (exact) mass is 228 g/mol. The lowest BCUT2D eigenvalue weighted by atomic mass is 10.2. The van der Waals surface area contributed by atoms with Crippen molar-refractivity contribution in [3.8, 4) is 0 Å². The summed E-state index contributed by atoms with van der Waals surface area (Å²) in [5.74, 6) is -0.951. The van der Waals surface area contributed by atoms with Crippen molar-refractivity contribution in [2.45, 2.75) is 33.2 Å². The van der Waals surface area contributed by atoms with Crippen molar-refractivity contribution in [3.05, 3.63) is 10.6 Å². The summed E-state index contributed by atoms with van der Waals surface area (Å²) in [6.45, 7) is 5.98. The minimum absolute atomic E-state index is 0.171. The van der Waals surface area contributed by atoms with Crippen LogP contribution in [0.3, 0.4) is 0 Å². The third-order valence-corrected chi connectivity index (χ3v) is 3.60. The minimum atomic E-state index is -0.951. The lowest BCUT2D eigenvalue weighted by molar-refractivity contribution is 0.0690. The third kappa shape index (κ3) is 2.47. The van der Waals surface area contributed by atoms with Crippen molar-refractivity contribution < 1.29 is 9.90 Å². The molecule has 0 amide bonds. The average molecular weight is 228 g/mol. The first kappa shape index (κ1) is 12.0. The molecule has 1 rings (SSSR count). The van der Waals surface area contributed by atoms with E-state index in [1.807, 2.05) is 11.9 Å². The van der Waals surface area contributed by atoms with E-state index >= 15 is 0 Å². The van der Waals surface area contributed by atoms with Gasteiger partial charge in [0.15, 0.2) is 10.8 Å². The molecule has 84 valence electrons. The van der Waals surface area contributed by atoms with Gasteiger partial charge in [-0.25, -0.2) is 9.78 Å². The molecule has 0 spiro atoms. The highest BCUT2D eigenvalue weighted by atomic mass is 32.1. The highest BCUT2D eigenvalue weighted by Crippen LogP contribution is 2.26. The smallest absolute Gasteiger partial charge is 0.355 e. The van der Waals surface area contributed by atoms with Crippen molar-refractivity contribution in [2.24, 2.45) is 0 Å². The van der Waals surface area contributed by atoms with Crippen LogP contribution in [-0.4, -0.2) is 29.1 Å². The van der Waals surface area contributed by atoms with Gasteiger partial charge in [-0.1, -0.05) is 6.92 Å². The number of anilines is 1. The van der Waals surface area contributed by atoms with E-state index < -0.39 is 5.97 Å². The quantitative estimate of drug-likeness (QED) is 0.859. The van der Waals surface area contributed by atoms with Crippen LogP contribution in [0.5, 0.6) is 0 Å². The van der Waals surface area contributed by atoms with Gasteiger partial charge in [0, 0.05) is 18.0 Å². The van der Waals surface area contributed by atoms with Gasteiger partial charge in [-0.15, -0.1) is 11.3 Å². The number of aromatic carboxylic acids is 1. The molecule has 5 heteroatoms. The average Bonchev–Trinajstić information content (AvgIpc) is 2.58. The van der Waals surface area contributed by atoms with Gasteiger partial charge in [0.1, 0.15) is 0 Å². The first-order valence-electron chi connectivity index (χ1n) is 4.90. The summed E-state index contributed by atoms with van der Waals surface area (Å²) in [4.78, 5) is 17.7. The van der Waals surface area contributed by atoms with Gasteiger partial charge >= 0.3 is 5.97 Å². The van der Waals surface area contributed by atoms with Gasteiger partial charge in [0.05, 0.1) is 0 Å². The number of thiazole rings is 1. The Balaban J connectivity index is 2.97. The minimum Gasteiger partial charge on any atom is -0.476 e. The summed E-state index contributed by atoms with van der Waals surface area (Å²) in [5.41, 5.74) is 0.171. The zero-order chi connectivity index (χ0) is 11.6. The van der Waals surface area contributed by atoms with Crippen LogP contribution >= 0.6 is 11.3 Å². The largest absolute Gasteiger partial charge is 0.476 e. The molecule has 0 bridgehead atoms. The van der Waals surface area contributed by atoms with Crippen molar-refractivity contribution in [3.63, 3.8) is 0 Å². The van der Waals surface area contributed by atoms with Crippen LogP contribution < -0.4 is 4.90 Å². The predicted molar refractivity (Wildman–Crippen MR) is 62.0 cm³/mol. The van der Waals surface area contributed by atoms with Gasteiger partial charge in [-0.05, 0) is 20.3 Å². The van der Waals surface area contributed by atoms with Crippen LogP contribution in [0, 0.1) is 6.92 Å². The fourth-order valence-electron chi connectivity index (χ4n) is 1.19. The number of carboxylic acids is 1. The second-order valence-electron chi connectivity index (χ2n) is 3.57. The molecule has 1 aromatic rings. The zero-order valence-corrected chi connectivity index (χ0v) is 10.3. The molecule has 1 atom stereocenters. The topological polar surface area (TPSA) is 53.4 Å². The maximum Gasteiger partial charge on any atom is 0.355 e. The molecular formula is C10H16N2O2S. The molecule has 4 nitrogen and oxygen atoms in total. The molecular weight excluding hydrogens is 212 g/mol. The van der Waals surface area contributed by atoms with E-state index in [9.17, 15) is 4.79 Å². The van der Waals surface area contributed by atoms with Crippen LogP contribution in [0.2, 0.25) is 0 Å².